The van der Waals surface area contributed by atoms with Crippen LogP contribution >= 0.6 is 23.2 Å². The van der Waals surface area contributed by atoms with Gasteiger partial charge in [0.1, 0.15) is 0 Å². The normalized spacial score (nSPS) is 28.4. The first kappa shape index (κ1) is 14.6. The van der Waals surface area contributed by atoms with Crippen LogP contribution in [0.25, 0.3) is 0 Å². The summed E-state index contributed by atoms with van der Waals surface area (Å²) in [6.07, 6.45) is 3.94. The fourth-order valence-corrected chi connectivity index (χ4v) is 3.68. The standard InChI is InChI=1S/C16H22Cl2N2/c1-16(13-3-4-13)11-20(8-2-7-19-16)10-12-9-14(17)5-6-15(12)18/h5-6,9,13,19H,2-4,7-8,10-11H2,1H3. The fraction of sp³-hybridized carbons (Fsp3) is 0.625. The monoisotopic (exact) mass is 312 g/mol. The van der Waals surface area contributed by atoms with Crippen molar-refractivity contribution in [3.63, 3.8) is 0 Å². The van der Waals surface area contributed by atoms with E-state index in [0.717, 1.165) is 47.7 Å². The second-order valence-corrected chi connectivity index (χ2v) is 7.26. The molecule has 110 valence electrons. The van der Waals surface area contributed by atoms with Gasteiger partial charge < -0.3 is 5.32 Å². The van der Waals surface area contributed by atoms with E-state index in [4.69, 9.17) is 23.2 Å². The van der Waals surface area contributed by atoms with E-state index in [0.29, 0.717) is 0 Å². The number of benzene rings is 1. The molecule has 0 spiro atoms. The zero-order valence-electron chi connectivity index (χ0n) is 12.0. The van der Waals surface area contributed by atoms with Crippen LogP contribution in [0.5, 0.6) is 0 Å². The van der Waals surface area contributed by atoms with E-state index < -0.39 is 0 Å². The molecule has 1 aromatic rings. The van der Waals surface area contributed by atoms with Gasteiger partial charge >= 0.3 is 0 Å². The van der Waals surface area contributed by atoms with Crippen LogP contribution in [-0.4, -0.2) is 30.1 Å². The Morgan fingerprint density at radius 3 is 2.90 bits per heavy atom. The topological polar surface area (TPSA) is 15.3 Å². The summed E-state index contributed by atoms with van der Waals surface area (Å²) in [5.41, 5.74) is 1.40. The van der Waals surface area contributed by atoms with Crippen LogP contribution in [0.15, 0.2) is 18.2 Å². The van der Waals surface area contributed by atoms with E-state index in [-0.39, 0.29) is 5.54 Å². The molecule has 1 heterocycles. The van der Waals surface area contributed by atoms with Gasteiger partial charge in [-0.3, -0.25) is 4.90 Å². The molecule has 0 radical (unpaired) electrons. The van der Waals surface area contributed by atoms with Gasteiger partial charge in [0.25, 0.3) is 0 Å². The molecule has 3 rings (SSSR count). The Hall–Kier alpha value is -0.280. The molecular weight excluding hydrogens is 291 g/mol. The number of nitrogens with one attached hydrogen (secondary N) is 1. The number of hydrogen-bond acceptors (Lipinski definition) is 2. The second-order valence-electron chi connectivity index (χ2n) is 6.42. The van der Waals surface area contributed by atoms with Gasteiger partial charge in [-0.05, 0) is 69.0 Å². The van der Waals surface area contributed by atoms with Crippen LogP contribution in [-0.2, 0) is 6.54 Å². The first-order chi connectivity index (χ1) is 9.57. The third-order valence-corrected chi connectivity index (χ3v) is 5.22. The Morgan fingerprint density at radius 1 is 1.35 bits per heavy atom. The number of nitrogens with zero attached hydrogens (tertiary/aromatic N) is 1. The van der Waals surface area contributed by atoms with E-state index in [1.807, 2.05) is 18.2 Å². The molecule has 0 bridgehead atoms. The molecule has 1 aliphatic heterocycles. The maximum atomic E-state index is 6.30. The van der Waals surface area contributed by atoms with Crippen LogP contribution in [0.3, 0.4) is 0 Å². The summed E-state index contributed by atoms with van der Waals surface area (Å²) in [6, 6.07) is 5.75. The molecule has 2 fully saturated rings. The number of halogens is 2. The molecule has 20 heavy (non-hydrogen) atoms. The Labute approximate surface area is 131 Å². The molecule has 1 aliphatic carbocycles. The van der Waals surface area contributed by atoms with Crippen molar-refractivity contribution < 1.29 is 0 Å². The van der Waals surface area contributed by atoms with Crippen LogP contribution in [0.2, 0.25) is 10.0 Å². The van der Waals surface area contributed by atoms with E-state index in [1.54, 1.807) is 0 Å². The molecule has 1 aromatic carbocycles. The third-order valence-electron chi connectivity index (χ3n) is 4.61. The van der Waals surface area contributed by atoms with E-state index in [2.05, 4.69) is 17.1 Å². The summed E-state index contributed by atoms with van der Waals surface area (Å²) < 4.78 is 0. The zero-order chi connectivity index (χ0) is 14.2. The van der Waals surface area contributed by atoms with Gasteiger partial charge in [-0.15, -0.1) is 0 Å². The Bertz CT molecular complexity index is 487. The predicted octanol–water partition coefficient (Wildman–Crippen LogP) is 3.96. The van der Waals surface area contributed by atoms with Crippen molar-refractivity contribution in [3.05, 3.63) is 33.8 Å². The molecule has 1 atom stereocenters. The molecule has 1 saturated carbocycles. The number of rotatable bonds is 3. The Kier molecular flexibility index (Phi) is 4.28. The van der Waals surface area contributed by atoms with Crippen molar-refractivity contribution in [1.29, 1.82) is 0 Å². The quantitative estimate of drug-likeness (QED) is 0.909. The molecule has 0 aromatic heterocycles. The third kappa shape index (κ3) is 3.30. The van der Waals surface area contributed by atoms with Gasteiger partial charge in [0, 0.05) is 28.7 Å². The highest BCUT2D eigenvalue weighted by Crippen LogP contribution is 2.40. The fourth-order valence-electron chi connectivity index (χ4n) is 3.31. The highest BCUT2D eigenvalue weighted by Gasteiger charge is 2.42. The lowest BCUT2D eigenvalue weighted by molar-refractivity contribution is 0.195. The molecule has 1 unspecified atom stereocenters. The maximum absolute atomic E-state index is 6.30. The predicted molar refractivity (Wildman–Crippen MR) is 85.5 cm³/mol. The first-order valence-corrected chi connectivity index (χ1v) is 8.24. The molecule has 4 heteroatoms. The van der Waals surface area contributed by atoms with Crippen molar-refractivity contribution in [2.45, 2.75) is 38.3 Å². The van der Waals surface area contributed by atoms with Crippen LogP contribution in [0.4, 0.5) is 0 Å². The van der Waals surface area contributed by atoms with Gasteiger partial charge in [-0.1, -0.05) is 23.2 Å². The molecule has 1 saturated heterocycles. The molecular formula is C16H22Cl2N2. The Balaban J connectivity index is 1.73. The van der Waals surface area contributed by atoms with Crippen molar-refractivity contribution in [1.82, 2.24) is 10.2 Å². The van der Waals surface area contributed by atoms with Crippen molar-refractivity contribution in [3.8, 4) is 0 Å². The van der Waals surface area contributed by atoms with Gasteiger partial charge in [-0.25, -0.2) is 0 Å². The van der Waals surface area contributed by atoms with Gasteiger partial charge in [0.15, 0.2) is 0 Å². The highest BCUT2D eigenvalue weighted by molar-refractivity contribution is 6.33. The van der Waals surface area contributed by atoms with Gasteiger partial charge in [-0.2, -0.15) is 0 Å². The summed E-state index contributed by atoms with van der Waals surface area (Å²) >= 11 is 12.4. The SMILES string of the molecule is CC1(C2CC2)CN(Cc2cc(Cl)ccc2Cl)CCCN1. The molecule has 2 aliphatic rings. The van der Waals surface area contributed by atoms with Crippen molar-refractivity contribution in [2.75, 3.05) is 19.6 Å². The first-order valence-electron chi connectivity index (χ1n) is 7.48. The second kappa shape index (κ2) is 5.84. The summed E-state index contributed by atoms with van der Waals surface area (Å²) in [5, 5.41) is 5.35. The van der Waals surface area contributed by atoms with Crippen LogP contribution in [0.1, 0.15) is 31.7 Å². The summed E-state index contributed by atoms with van der Waals surface area (Å²) in [4.78, 5) is 2.52. The molecule has 1 N–H and O–H groups in total. The maximum Gasteiger partial charge on any atom is 0.0452 e. The smallest absolute Gasteiger partial charge is 0.0452 e. The zero-order valence-corrected chi connectivity index (χ0v) is 13.5. The highest BCUT2D eigenvalue weighted by atomic mass is 35.5. The van der Waals surface area contributed by atoms with E-state index in [1.165, 1.54) is 19.3 Å². The molecule has 0 amide bonds. The minimum absolute atomic E-state index is 0.265. The van der Waals surface area contributed by atoms with E-state index in [9.17, 15) is 0 Å². The van der Waals surface area contributed by atoms with Crippen LogP contribution < -0.4 is 5.32 Å². The Morgan fingerprint density at radius 2 is 2.15 bits per heavy atom. The summed E-state index contributed by atoms with van der Waals surface area (Å²) in [7, 11) is 0. The summed E-state index contributed by atoms with van der Waals surface area (Å²) in [6.45, 7) is 6.61. The molecule has 2 nitrogen and oxygen atoms in total. The van der Waals surface area contributed by atoms with Gasteiger partial charge in [0.2, 0.25) is 0 Å². The van der Waals surface area contributed by atoms with Crippen LogP contribution in [0, 0.1) is 5.92 Å². The lowest BCUT2D eigenvalue weighted by Gasteiger charge is -2.34. The largest absolute Gasteiger partial charge is 0.310 e. The lowest BCUT2D eigenvalue weighted by Crippen LogP contribution is -2.50. The minimum Gasteiger partial charge on any atom is -0.310 e. The minimum atomic E-state index is 0.265. The van der Waals surface area contributed by atoms with Crippen molar-refractivity contribution in [2.24, 2.45) is 5.92 Å². The average Bonchev–Trinajstić information content (AvgIpc) is 3.22. The van der Waals surface area contributed by atoms with Gasteiger partial charge in [0.05, 0.1) is 0 Å². The lowest BCUT2D eigenvalue weighted by atomic mass is 9.95. The summed E-state index contributed by atoms with van der Waals surface area (Å²) in [5.74, 6) is 0.845. The number of hydrogen-bond donors (Lipinski definition) is 1. The average molecular weight is 313 g/mol. The van der Waals surface area contributed by atoms with E-state index >= 15 is 0 Å². The van der Waals surface area contributed by atoms with Crippen molar-refractivity contribution >= 4 is 23.2 Å².